The van der Waals surface area contributed by atoms with Crippen molar-refractivity contribution in [3.8, 4) is 0 Å². The summed E-state index contributed by atoms with van der Waals surface area (Å²) in [7, 11) is 0. The summed E-state index contributed by atoms with van der Waals surface area (Å²) in [6, 6.07) is 11.5. The molecule has 1 amide bonds. The van der Waals surface area contributed by atoms with Gasteiger partial charge in [0.2, 0.25) is 5.91 Å². The van der Waals surface area contributed by atoms with Crippen LogP contribution in [0.4, 0.5) is 30.2 Å². The van der Waals surface area contributed by atoms with Crippen LogP contribution in [0.25, 0.3) is 0 Å². The average molecular weight is 578 g/mol. The van der Waals surface area contributed by atoms with E-state index in [4.69, 9.17) is 0 Å². The number of halogens is 3. The van der Waals surface area contributed by atoms with E-state index in [1.165, 1.54) is 17.3 Å². The van der Waals surface area contributed by atoms with Crippen molar-refractivity contribution in [1.82, 2.24) is 9.80 Å². The number of benzene rings is 2. The molecule has 0 aromatic heterocycles. The lowest BCUT2D eigenvalue weighted by molar-refractivity contribution is -0.388. The van der Waals surface area contributed by atoms with Crippen LogP contribution >= 0.6 is 0 Å². The number of alkyl halides is 3. The molecule has 8 nitrogen and oxygen atoms in total. The van der Waals surface area contributed by atoms with Gasteiger partial charge >= 0.3 is 6.18 Å². The molecule has 0 saturated carbocycles. The van der Waals surface area contributed by atoms with E-state index in [1.54, 1.807) is 4.90 Å². The van der Waals surface area contributed by atoms with Crippen LogP contribution in [0.2, 0.25) is 0 Å². The van der Waals surface area contributed by atoms with Gasteiger partial charge in [-0.2, -0.15) is 13.2 Å². The van der Waals surface area contributed by atoms with Crippen LogP contribution in [-0.2, 0) is 16.4 Å². The number of nitro groups is 1. The van der Waals surface area contributed by atoms with Crippen molar-refractivity contribution < 1.29 is 22.9 Å². The second-order valence-electron chi connectivity index (χ2n) is 11.7. The number of amides is 1. The van der Waals surface area contributed by atoms with Gasteiger partial charge in [0.15, 0.2) is 0 Å². The Morgan fingerprint density at radius 1 is 1.02 bits per heavy atom. The van der Waals surface area contributed by atoms with Crippen LogP contribution in [-0.4, -0.2) is 72.5 Å². The number of hydrogen-bond acceptors (Lipinski definition) is 6. The first-order valence-corrected chi connectivity index (χ1v) is 13.8. The molecule has 11 heteroatoms. The Morgan fingerprint density at radius 2 is 1.68 bits per heavy atom. The summed E-state index contributed by atoms with van der Waals surface area (Å²) in [6.07, 6.45) is -3.05. The van der Waals surface area contributed by atoms with Crippen molar-refractivity contribution in [3.63, 3.8) is 0 Å². The minimum atomic E-state index is -4.83. The van der Waals surface area contributed by atoms with Crippen LogP contribution in [0.5, 0.6) is 0 Å². The molecule has 1 atom stereocenters. The van der Waals surface area contributed by atoms with Gasteiger partial charge in [0.25, 0.3) is 5.69 Å². The molecule has 4 rings (SSSR count). The summed E-state index contributed by atoms with van der Waals surface area (Å²) in [5.74, 6) is 0.0431. The quantitative estimate of drug-likeness (QED) is 0.299. The standard InChI is InChI=1S/C29H38F3N5O3.CH4/c1-28(2,3)21-6-9-24(10-7-21)35-17-15-34(16-18-35)13-4-5-27(38)36-14-12-23(20-36)33-22-8-11-26(37(39)40)25(19-22)29(30,31)32;/h6-11,19,23,33H,4-5,12-18,20H2,1-3H3;1H4/t23-;/m0./s1. The van der Waals surface area contributed by atoms with E-state index in [-0.39, 0.29) is 30.5 Å². The first kappa shape index (κ1) is 32.2. The molecule has 2 aromatic rings. The third kappa shape index (κ3) is 8.34. The fraction of sp³-hybridized carbons (Fsp3) is 0.567. The number of hydrogen-bond donors (Lipinski definition) is 1. The first-order valence-electron chi connectivity index (χ1n) is 13.8. The van der Waals surface area contributed by atoms with E-state index in [0.29, 0.717) is 25.9 Å². The zero-order valence-corrected chi connectivity index (χ0v) is 23.3. The molecule has 0 unspecified atom stereocenters. The number of nitrogens with zero attached hydrogens (tertiary/aromatic N) is 4. The highest BCUT2D eigenvalue weighted by Gasteiger charge is 2.38. The number of anilines is 2. The molecule has 2 aromatic carbocycles. The molecule has 2 fully saturated rings. The van der Waals surface area contributed by atoms with Gasteiger partial charge in [0, 0.05) is 69.2 Å². The number of likely N-dealkylation sites (tertiary alicyclic amines) is 1. The lowest BCUT2D eigenvalue weighted by atomic mass is 9.87. The monoisotopic (exact) mass is 577 g/mol. The molecule has 2 heterocycles. The third-order valence-corrected chi connectivity index (χ3v) is 7.75. The molecule has 2 saturated heterocycles. The topological polar surface area (TPSA) is 82.0 Å². The number of nitrogens with one attached hydrogen (secondary N) is 1. The SMILES string of the molecule is C.CC(C)(C)c1ccc(N2CCN(CCCC(=O)N3CC[C@H](Nc4ccc([N+](=O)[O-])c(C(F)(F)F)c4)C3)CC2)cc1. The van der Waals surface area contributed by atoms with Gasteiger partial charge in [-0.05, 0) is 54.6 Å². The Balaban J connectivity index is 0.00000462. The van der Waals surface area contributed by atoms with E-state index in [1.807, 2.05) is 0 Å². The molecule has 1 N–H and O–H groups in total. The predicted molar refractivity (Wildman–Crippen MR) is 156 cm³/mol. The van der Waals surface area contributed by atoms with Gasteiger partial charge < -0.3 is 15.1 Å². The molecular formula is C30H42F3N5O3. The first-order chi connectivity index (χ1) is 18.8. The summed E-state index contributed by atoms with van der Waals surface area (Å²) < 4.78 is 39.8. The van der Waals surface area contributed by atoms with Gasteiger partial charge in [0.1, 0.15) is 5.56 Å². The number of piperazine rings is 1. The third-order valence-electron chi connectivity index (χ3n) is 7.75. The predicted octanol–water partition coefficient (Wildman–Crippen LogP) is 6.16. The normalized spacial score (nSPS) is 18.2. The van der Waals surface area contributed by atoms with Gasteiger partial charge in [0.05, 0.1) is 4.92 Å². The highest BCUT2D eigenvalue weighted by Crippen LogP contribution is 2.38. The Labute approximate surface area is 240 Å². The van der Waals surface area contributed by atoms with Crippen molar-refractivity contribution in [2.45, 2.75) is 65.1 Å². The minimum Gasteiger partial charge on any atom is -0.380 e. The van der Waals surface area contributed by atoms with Gasteiger partial charge in [-0.25, -0.2) is 0 Å². The van der Waals surface area contributed by atoms with E-state index in [0.717, 1.165) is 51.3 Å². The average Bonchev–Trinajstić information content (AvgIpc) is 3.36. The smallest absolute Gasteiger partial charge is 0.380 e. The van der Waals surface area contributed by atoms with E-state index in [9.17, 15) is 28.1 Å². The van der Waals surface area contributed by atoms with Crippen LogP contribution in [0, 0.1) is 10.1 Å². The molecule has 2 aliphatic rings. The molecule has 0 bridgehead atoms. The van der Waals surface area contributed by atoms with Crippen LogP contribution in [0.1, 0.15) is 58.6 Å². The Hall–Kier alpha value is -3.34. The fourth-order valence-corrected chi connectivity index (χ4v) is 5.37. The lowest BCUT2D eigenvalue weighted by Gasteiger charge is -2.36. The molecule has 0 aliphatic carbocycles. The van der Waals surface area contributed by atoms with Gasteiger partial charge in [-0.15, -0.1) is 0 Å². The van der Waals surface area contributed by atoms with Crippen molar-refractivity contribution in [2.24, 2.45) is 0 Å². The maximum absolute atomic E-state index is 13.3. The second-order valence-corrected chi connectivity index (χ2v) is 11.7. The zero-order valence-electron chi connectivity index (χ0n) is 23.3. The lowest BCUT2D eigenvalue weighted by Crippen LogP contribution is -2.46. The van der Waals surface area contributed by atoms with E-state index < -0.39 is 22.4 Å². The van der Waals surface area contributed by atoms with Crippen LogP contribution in [0.15, 0.2) is 42.5 Å². The zero-order chi connectivity index (χ0) is 29.1. The van der Waals surface area contributed by atoms with Crippen LogP contribution < -0.4 is 10.2 Å². The van der Waals surface area contributed by atoms with E-state index >= 15 is 0 Å². The van der Waals surface area contributed by atoms with Crippen molar-refractivity contribution in [3.05, 3.63) is 63.7 Å². The fourth-order valence-electron chi connectivity index (χ4n) is 5.37. The molecule has 2 aliphatic heterocycles. The highest BCUT2D eigenvalue weighted by atomic mass is 19.4. The minimum absolute atomic E-state index is 0. The molecule has 0 spiro atoms. The molecular weight excluding hydrogens is 535 g/mol. The number of nitro benzene ring substituents is 1. The van der Waals surface area contributed by atoms with Crippen molar-refractivity contribution in [1.29, 1.82) is 0 Å². The molecule has 226 valence electrons. The largest absolute Gasteiger partial charge is 0.423 e. The Bertz CT molecular complexity index is 1190. The summed E-state index contributed by atoms with van der Waals surface area (Å²) in [4.78, 5) is 29.2. The molecule has 41 heavy (non-hydrogen) atoms. The Morgan fingerprint density at radius 3 is 2.27 bits per heavy atom. The number of rotatable bonds is 8. The van der Waals surface area contributed by atoms with Gasteiger partial charge in [-0.1, -0.05) is 40.3 Å². The van der Waals surface area contributed by atoms with Crippen molar-refractivity contribution in [2.75, 3.05) is 56.0 Å². The van der Waals surface area contributed by atoms with E-state index in [2.05, 4.69) is 60.2 Å². The number of carbonyl (C=O) groups excluding carboxylic acids is 1. The van der Waals surface area contributed by atoms with Crippen molar-refractivity contribution >= 4 is 23.0 Å². The molecule has 0 radical (unpaired) electrons. The summed E-state index contributed by atoms with van der Waals surface area (Å²) >= 11 is 0. The summed E-state index contributed by atoms with van der Waals surface area (Å²) in [6.45, 7) is 12.2. The van der Waals surface area contributed by atoms with Gasteiger partial charge in [-0.3, -0.25) is 19.8 Å². The maximum atomic E-state index is 13.3. The maximum Gasteiger partial charge on any atom is 0.423 e. The summed E-state index contributed by atoms with van der Waals surface area (Å²) in [5, 5.41) is 14.0. The number of carbonyl (C=O) groups is 1. The van der Waals surface area contributed by atoms with Crippen LogP contribution in [0.3, 0.4) is 0 Å². The Kier molecular flexibility index (Phi) is 10.3. The summed E-state index contributed by atoms with van der Waals surface area (Å²) in [5.41, 5.74) is 0.589. The second kappa shape index (κ2) is 13.1. The highest BCUT2D eigenvalue weighted by molar-refractivity contribution is 5.76.